The fraction of sp³-hybridized carbons (Fsp3) is 0.0500. The Labute approximate surface area is 173 Å². The van der Waals surface area contributed by atoms with Gasteiger partial charge in [0, 0.05) is 16.1 Å². The number of carbonyl (C=O) groups is 1. The molecule has 3 rings (SSSR count). The van der Waals surface area contributed by atoms with Gasteiger partial charge >= 0.3 is 0 Å². The number of benzene rings is 3. The largest absolute Gasteiger partial charge is 0.321 e. The van der Waals surface area contributed by atoms with Crippen molar-refractivity contribution in [3.63, 3.8) is 0 Å². The van der Waals surface area contributed by atoms with Crippen LogP contribution in [0.5, 0.6) is 0 Å². The second kappa shape index (κ2) is 8.68. The maximum absolute atomic E-state index is 12.5. The van der Waals surface area contributed by atoms with Gasteiger partial charge in [-0.25, -0.2) is 8.42 Å². The Bertz CT molecular complexity index is 1080. The number of para-hydroxylation sites is 1. The van der Waals surface area contributed by atoms with E-state index in [0.29, 0.717) is 22.0 Å². The molecule has 5 nitrogen and oxygen atoms in total. The molecule has 0 aliphatic carbocycles. The zero-order valence-corrected chi connectivity index (χ0v) is 17.2. The van der Waals surface area contributed by atoms with Gasteiger partial charge in [0.25, 0.3) is 15.9 Å². The molecule has 8 heteroatoms. The molecule has 0 fully saturated rings. The van der Waals surface area contributed by atoms with Gasteiger partial charge in [-0.2, -0.15) is 0 Å². The summed E-state index contributed by atoms with van der Waals surface area (Å²) in [6.07, 6.45) is 1.92. The minimum absolute atomic E-state index is 0.172. The molecule has 2 N–H and O–H groups in total. The third-order valence-corrected chi connectivity index (χ3v) is 6.36. The lowest BCUT2D eigenvalue weighted by molar-refractivity contribution is 0.102. The van der Waals surface area contributed by atoms with Crippen LogP contribution >= 0.6 is 23.4 Å². The Hall–Kier alpha value is -2.48. The summed E-state index contributed by atoms with van der Waals surface area (Å²) in [6.45, 7) is 0. The number of sulfonamides is 1. The molecule has 3 aromatic rings. The molecule has 0 aromatic heterocycles. The van der Waals surface area contributed by atoms with E-state index >= 15 is 0 Å². The van der Waals surface area contributed by atoms with Crippen molar-refractivity contribution in [2.24, 2.45) is 0 Å². The SMILES string of the molecule is CSc1ccc(S(=O)(=O)Nc2ccc(C(=O)Nc3ccccc3Cl)cc2)cc1. The van der Waals surface area contributed by atoms with Crippen molar-refractivity contribution < 1.29 is 13.2 Å². The van der Waals surface area contributed by atoms with Crippen molar-refractivity contribution in [2.45, 2.75) is 9.79 Å². The van der Waals surface area contributed by atoms with Crippen molar-refractivity contribution in [1.82, 2.24) is 0 Å². The lowest BCUT2D eigenvalue weighted by Gasteiger charge is -2.10. The van der Waals surface area contributed by atoms with Crippen LogP contribution in [0.25, 0.3) is 0 Å². The molecular weight excluding hydrogens is 416 g/mol. The fourth-order valence-corrected chi connectivity index (χ4v) is 4.07. The summed E-state index contributed by atoms with van der Waals surface area (Å²) in [7, 11) is -3.70. The normalized spacial score (nSPS) is 11.1. The molecular formula is C20H17ClN2O3S2. The molecule has 28 heavy (non-hydrogen) atoms. The van der Waals surface area contributed by atoms with Crippen LogP contribution in [0.1, 0.15) is 10.4 Å². The van der Waals surface area contributed by atoms with Crippen LogP contribution in [0.15, 0.2) is 82.6 Å². The molecule has 0 saturated heterocycles. The Morgan fingerprint density at radius 1 is 0.929 bits per heavy atom. The summed E-state index contributed by atoms with van der Waals surface area (Å²) in [4.78, 5) is 13.5. The van der Waals surface area contributed by atoms with Crippen molar-refractivity contribution in [3.05, 3.63) is 83.4 Å². The minimum atomic E-state index is -3.70. The zero-order chi connectivity index (χ0) is 20.1. The second-order valence-electron chi connectivity index (χ2n) is 5.79. The standard InChI is InChI=1S/C20H17ClN2O3S2/c1-27-16-10-12-17(13-11-16)28(25,26)23-15-8-6-14(7-9-15)20(24)22-19-5-3-2-4-18(19)21/h2-13,23H,1H3,(H,22,24). The van der Waals surface area contributed by atoms with E-state index in [9.17, 15) is 13.2 Å². The molecule has 0 aliphatic rings. The maximum atomic E-state index is 12.5. The van der Waals surface area contributed by atoms with E-state index < -0.39 is 10.0 Å². The van der Waals surface area contributed by atoms with E-state index in [1.807, 2.05) is 6.26 Å². The third kappa shape index (κ3) is 4.86. The van der Waals surface area contributed by atoms with Crippen LogP contribution in [-0.2, 0) is 10.0 Å². The highest BCUT2D eigenvalue weighted by Crippen LogP contribution is 2.23. The molecule has 0 saturated carbocycles. The highest BCUT2D eigenvalue weighted by atomic mass is 35.5. The van der Waals surface area contributed by atoms with Crippen LogP contribution in [0.3, 0.4) is 0 Å². The number of halogens is 1. The van der Waals surface area contributed by atoms with Crippen molar-refractivity contribution in [3.8, 4) is 0 Å². The highest BCUT2D eigenvalue weighted by Gasteiger charge is 2.15. The summed E-state index contributed by atoms with van der Waals surface area (Å²) >= 11 is 7.57. The monoisotopic (exact) mass is 432 g/mol. The van der Waals surface area contributed by atoms with Crippen molar-refractivity contribution in [1.29, 1.82) is 0 Å². The third-order valence-electron chi connectivity index (χ3n) is 3.89. The number of amides is 1. The average molecular weight is 433 g/mol. The first-order valence-electron chi connectivity index (χ1n) is 8.22. The Morgan fingerprint density at radius 2 is 1.57 bits per heavy atom. The number of carbonyl (C=O) groups excluding carboxylic acids is 1. The average Bonchev–Trinajstić information content (AvgIpc) is 2.70. The van der Waals surface area contributed by atoms with Gasteiger partial charge in [0.05, 0.1) is 15.6 Å². The number of hydrogen-bond donors (Lipinski definition) is 2. The molecule has 0 unspecified atom stereocenters. The van der Waals surface area contributed by atoms with Crippen molar-refractivity contribution >= 4 is 50.7 Å². The Morgan fingerprint density at radius 3 is 2.18 bits per heavy atom. The van der Waals surface area contributed by atoms with E-state index in [2.05, 4.69) is 10.0 Å². The summed E-state index contributed by atoms with van der Waals surface area (Å²) in [5.74, 6) is -0.338. The van der Waals surface area contributed by atoms with E-state index in [0.717, 1.165) is 4.90 Å². The van der Waals surface area contributed by atoms with Crippen molar-refractivity contribution in [2.75, 3.05) is 16.3 Å². The minimum Gasteiger partial charge on any atom is -0.321 e. The zero-order valence-electron chi connectivity index (χ0n) is 14.8. The van der Waals surface area contributed by atoms with Gasteiger partial charge in [-0.15, -0.1) is 11.8 Å². The van der Waals surface area contributed by atoms with E-state index in [1.165, 1.54) is 23.9 Å². The number of nitrogens with one attached hydrogen (secondary N) is 2. The molecule has 0 heterocycles. The summed E-state index contributed by atoms with van der Waals surface area (Å²) < 4.78 is 27.5. The molecule has 0 atom stereocenters. The Kier molecular flexibility index (Phi) is 6.28. The number of anilines is 2. The fourth-order valence-electron chi connectivity index (χ4n) is 2.42. The summed E-state index contributed by atoms with van der Waals surface area (Å²) in [5, 5.41) is 3.16. The van der Waals surface area contributed by atoms with Gasteiger partial charge in [0.15, 0.2) is 0 Å². The first kappa shape index (κ1) is 20.3. The first-order chi connectivity index (χ1) is 13.4. The molecule has 0 aliphatic heterocycles. The molecule has 1 amide bonds. The lowest BCUT2D eigenvalue weighted by atomic mass is 10.2. The smallest absolute Gasteiger partial charge is 0.261 e. The summed E-state index contributed by atoms with van der Waals surface area (Å²) in [5.41, 5.74) is 1.25. The van der Waals surface area contributed by atoms with Gasteiger partial charge < -0.3 is 5.32 Å². The van der Waals surface area contributed by atoms with Crippen LogP contribution in [0.2, 0.25) is 5.02 Å². The molecule has 144 valence electrons. The predicted octanol–water partition coefficient (Wildman–Crippen LogP) is 5.12. The van der Waals surface area contributed by atoms with Gasteiger partial charge in [-0.1, -0.05) is 23.7 Å². The van der Waals surface area contributed by atoms with E-state index in [1.54, 1.807) is 60.7 Å². The highest BCUT2D eigenvalue weighted by molar-refractivity contribution is 7.98. The second-order valence-corrected chi connectivity index (χ2v) is 8.76. The van der Waals surface area contributed by atoms with Gasteiger partial charge in [0.1, 0.15) is 0 Å². The van der Waals surface area contributed by atoms with E-state index in [4.69, 9.17) is 11.6 Å². The lowest BCUT2D eigenvalue weighted by Crippen LogP contribution is -2.14. The molecule has 0 spiro atoms. The molecule has 3 aromatic carbocycles. The maximum Gasteiger partial charge on any atom is 0.261 e. The summed E-state index contributed by atoms with van der Waals surface area (Å²) in [6, 6.07) is 19.7. The predicted molar refractivity (Wildman–Crippen MR) is 115 cm³/mol. The van der Waals surface area contributed by atoms with Crippen LogP contribution in [0.4, 0.5) is 11.4 Å². The van der Waals surface area contributed by atoms with Gasteiger partial charge in [-0.3, -0.25) is 9.52 Å². The number of thioether (sulfide) groups is 1. The quantitative estimate of drug-likeness (QED) is 0.530. The number of hydrogen-bond acceptors (Lipinski definition) is 4. The number of rotatable bonds is 6. The first-order valence-corrected chi connectivity index (χ1v) is 11.3. The molecule has 0 radical (unpaired) electrons. The molecule has 0 bridgehead atoms. The van der Waals surface area contributed by atoms with E-state index in [-0.39, 0.29) is 10.8 Å². The van der Waals surface area contributed by atoms with Crippen LogP contribution in [-0.4, -0.2) is 20.6 Å². The Balaban J connectivity index is 1.71. The van der Waals surface area contributed by atoms with Crippen LogP contribution < -0.4 is 10.0 Å². The van der Waals surface area contributed by atoms with Gasteiger partial charge in [-0.05, 0) is 66.9 Å². The van der Waals surface area contributed by atoms with Crippen LogP contribution in [0, 0.1) is 0 Å². The topological polar surface area (TPSA) is 75.3 Å². The van der Waals surface area contributed by atoms with Gasteiger partial charge in [0.2, 0.25) is 0 Å².